The molecule has 0 amide bonds. The van der Waals surface area contributed by atoms with Gasteiger partial charge in [-0.2, -0.15) is 0 Å². The maximum atomic E-state index is 11.8. The summed E-state index contributed by atoms with van der Waals surface area (Å²) in [4.78, 5) is 23.6. The van der Waals surface area contributed by atoms with Crippen LogP contribution in [0, 0.1) is 10.8 Å². The summed E-state index contributed by atoms with van der Waals surface area (Å²) in [6.07, 6.45) is 1.48. The third kappa shape index (κ3) is 6.49. The molecule has 0 aliphatic heterocycles. The lowest BCUT2D eigenvalue weighted by Crippen LogP contribution is -2.41. The van der Waals surface area contributed by atoms with E-state index in [0.717, 1.165) is 6.42 Å². The molecule has 0 aromatic heterocycles. The number of hydrogen-bond donors (Lipinski definition) is 0. The number of rotatable bonds is 7. The minimum absolute atomic E-state index is 0.125. The van der Waals surface area contributed by atoms with Crippen molar-refractivity contribution in [3.8, 4) is 0 Å². The third-order valence-corrected chi connectivity index (χ3v) is 4.37. The Morgan fingerprint density at radius 1 is 0.952 bits per heavy atom. The maximum absolute atomic E-state index is 11.8. The Hall–Kier alpha value is -1.06. The monoisotopic (exact) mass is 300 g/mol. The lowest BCUT2D eigenvalue weighted by molar-refractivity contribution is -0.168. The summed E-state index contributed by atoms with van der Waals surface area (Å²) < 4.78 is 10.7. The first-order valence-electron chi connectivity index (χ1n) is 7.72. The number of ether oxygens (including phenoxy) is 2. The van der Waals surface area contributed by atoms with Crippen LogP contribution in [0.15, 0.2) is 0 Å². The maximum Gasteiger partial charge on any atom is 0.311 e. The van der Waals surface area contributed by atoms with Crippen LogP contribution in [-0.4, -0.2) is 24.1 Å². The van der Waals surface area contributed by atoms with E-state index in [0.29, 0.717) is 6.42 Å². The lowest BCUT2D eigenvalue weighted by atomic mass is 9.79. The predicted molar refractivity (Wildman–Crippen MR) is 83.9 cm³/mol. The summed E-state index contributed by atoms with van der Waals surface area (Å²) in [5.41, 5.74) is -1.11. The summed E-state index contributed by atoms with van der Waals surface area (Å²) in [6, 6.07) is 0. The van der Waals surface area contributed by atoms with Crippen LogP contribution in [0.5, 0.6) is 0 Å². The van der Waals surface area contributed by atoms with Gasteiger partial charge >= 0.3 is 11.9 Å². The normalized spacial score (nSPS) is 13.0. The van der Waals surface area contributed by atoms with Gasteiger partial charge in [-0.25, -0.2) is 0 Å². The molecule has 124 valence electrons. The first kappa shape index (κ1) is 19.9. The van der Waals surface area contributed by atoms with Crippen molar-refractivity contribution >= 4 is 11.9 Å². The van der Waals surface area contributed by atoms with Crippen LogP contribution in [0.1, 0.15) is 74.7 Å². The van der Waals surface area contributed by atoms with Crippen LogP contribution in [0.25, 0.3) is 0 Å². The molecule has 0 unspecified atom stereocenters. The van der Waals surface area contributed by atoms with Gasteiger partial charge in [0.05, 0.1) is 12.0 Å². The quantitative estimate of drug-likeness (QED) is 0.524. The van der Waals surface area contributed by atoms with Gasteiger partial charge in [0.2, 0.25) is 0 Å². The molecule has 4 heteroatoms. The van der Waals surface area contributed by atoms with E-state index < -0.39 is 11.0 Å². The van der Waals surface area contributed by atoms with E-state index in [1.54, 1.807) is 0 Å². The first-order valence-corrected chi connectivity index (χ1v) is 7.72. The van der Waals surface area contributed by atoms with Crippen molar-refractivity contribution in [2.75, 3.05) is 6.61 Å². The second kappa shape index (κ2) is 7.28. The fraction of sp³-hybridized carbons (Fsp3) is 0.882. The summed E-state index contributed by atoms with van der Waals surface area (Å²) in [5.74, 6) is -0.464. The molecule has 0 N–H and O–H groups in total. The second-order valence-electron chi connectivity index (χ2n) is 7.71. The smallest absolute Gasteiger partial charge is 0.311 e. The van der Waals surface area contributed by atoms with Crippen molar-refractivity contribution in [2.45, 2.75) is 80.3 Å². The van der Waals surface area contributed by atoms with Crippen molar-refractivity contribution in [1.29, 1.82) is 0 Å². The van der Waals surface area contributed by atoms with Crippen LogP contribution >= 0.6 is 0 Å². The van der Waals surface area contributed by atoms with Gasteiger partial charge in [-0.3, -0.25) is 9.59 Å². The van der Waals surface area contributed by atoms with E-state index in [-0.39, 0.29) is 30.4 Å². The summed E-state index contributed by atoms with van der Waals surface area (Å²) >= 11 is 0. The highest BCUT2D eigenvalue weighted by atomic mass is 16.6. The molecule has 0 aromatic rings. The lowest BCUT2D eigenvalue weighted by Gasteiger charge is -2.38. The van der Waals surface area contributed by atoms with Crippen molar-refractivity contribution in [3.63, 3.8) is 0 Å². The Labute approximate surface area is 129 Å². The summed E-state index contributed by atoms with van der Waals surface area (Å²) in [6.45, 7) is 15.9. The fourth-order valence-electron chi connectivity index (χ4n) is 1.21. The minimum Gasteiger partial charge on any atom is -0.465 e. The van der Waals surface area contributed by atoms with Gasteiger partial charge in [-0.05, 0) is 40.5 Å². The van der Waals surface area contributed by atoms with Crippen molar-refractivity contribution in [2.24, 2.45) is 10.8 Å². The van der Waals surface area contributed by atoms with Gasteiger partial charge < -0.3 is 9.47 Å². The highest BCUT2D eigenvalue weighted by Gasteiger charge is 2.36. The Balaban J connectivity index is 4.11. The van der Waals surface area contributed by atoms with E-state index in [4.69, 9.17) is 9.47 Å². The van der Waals surface area contributed by atoms with E-state index in [1.807, 2.05) is 55.4 Å². The highest BCUT2D eigenvalue weighted by Crippen LogP contribution is 2.33. The second-order valence-corrected chi connectivity index (χ2v) is 7.71. The topological polar surface area (TPSA) is 52.6 Å². The van der Waals surface area contributed by atoms with Crippen LogP contribution < -0.4 is 0 Å². The zero-order valence-electron chi connectivity index (χ0n) is 15.0. The molecule has 0 aromatic carbocycles. The largest absolute Gasteiger partial charge is 0.465 e. The molecule has 0 saturated carbocycles. The van der Waals surface area contributed by atoms with Crippen molar-refractivity contribution < 1.29 is 19.1 Å². The van der Waals surface area contributed by atoms with E-state index in [9.17, 15) is 9.59 Å². The molecule has 0 fully saturated rings. The van der Waals surface area contributed by atoms with E-state index in [1.165, 1.54) is 0 Å². The molecule has 0 rings (SSSR count). The van der Waals surface area contributed by atoms with Gasteiger partial charge in [0.1, 0.15) is 5.60 Å². The van der Waals surface area contributed by atoms with Gasteiger partial charge in [-0.1, -0.05) is 27.7 Å². The average molecular weight is 300 g/mol. The number of esters is 2. The molecular weight excluding hydrogens is 268 g/mol. The van der Waals surface area contributed by atoms with Crippen molar-refractivity contribution in [3.05, 3.63) is 0 Å². The van der Waals surface area contributed by atoms with Gasteiger partial charge in [-0.15, -0.1) is 0 Å². The number of carbonyl (C=O) groups is 2. The SMILES string of the molecule is CCC(C)(C)C(=O)OCCCC(=O)OC(C)(C)C(C)(C)C. The zero-order chi connectivity index (χ0) is 16.9. The summed E-state index contributed by atoms with van der Waals surface area (Å²) in [7, 11) is 0. The molecule has 0 aliphatic rings. The molecule has 0 bridgehead atoms. The summed E-state index contributed by atoms with van der Waals surface area (Å²) in [5, 5.41) is 0. The predicted octanol–water partition coefficient (Wildman–Crippen LogP) is 4.11. The Kier molecular flexibility index (Phi) is 6.91. The fourth-order valence-corrected chi connectivity index (χ4v) is 1.21. The molecule has 0 aliphatic carbocycles. The molecule has 21 heavy (non-hydrogen) atoms. The van der Waals surface area contributed by atoms with Crippen LogP contribution in [0.2, 0.25) is 0 Å². The molecule has 0 radical (unpaired) electrons. The molecule has 4 nitrogen and oxygen atoms in total. The first-order chi connectivity index (χ1) is 9.33. The Morgan fingerprint density at radius 3 is 1.90 bits per heavy atom. The standard InChI is InChI=1S/C17H32O4/c1-9-16(5,6)14(19)20-12-10-11-13(18)21-17(7,8)15(2,3)4/h9-12H2,1-8H3. The molecule has 0 spiro atoms. The third-order valence-electron chi connectivity index (χ3n) is 4.37. The molecule has 0 atom stereocenters. The molecule has 0 heterocycles. The van der Waals surface area contributed by atoms with E-state index in [2.05, 4.69) is 0 Å². The van der Waals surface area contributed by atoms with Crippen molar-refractivity contribution in [1.82, 2.24) is 0 Å². The minimum atomic E-state index is -0.523. The number of carbonyl (C=O) groups excluding carboxylic acids is 2. The number of hydrogen-bond acceptors (Lipinski definition) is 4. The molecule has 0 saturated heterocycles. The van der Waals surface area contributed by atoms with E-state index >= 15 is 0 Å². The van der Waals surface area contributed by atoms with Gasteiger partial charge in [0.15, 0.2) is 0 Å². The zero-order valence-corrected chi connectivity index (χ0v) is 15.0. The molecular formula is C17H32O4. The Morgan fingerprint density at radius 2 is 1.48 bits per heavy atom. The van der Waals surface area contributed by atoms with Crippen LogP contribution in [0.3, 0.4) is 0 Å². The highest BCUT2D eigenvalue weighted by molar-refractivity contribution is 5.75. The van der Waals surface area contributed by atoms with Gasteiger partial charge in [0.25, 0.3) is 0 Å². The van der Waals surface area contributed by atoms with Crippen LogP contribution in [0.4, 0.5) is 0 Å². The average Bonchev–Trinajstić information content (AvgIpc) is 2.32. The Bertz CT molecular complexity index is 361. The van der Waals surface area contributed by atoms with Crippen LogP contribution in [-0.2, 0) is 19.1 Å². The van der Waals surface area contributed by atoms with Gasteiger partial charge in [0, 0.05) is 11.8 Å².